The van der Waals surface area contributed by atoms with Gasteiger partial charge >= 0.3 is 0 Å². The zero-order valence-electron chi connectivity index (χ0n) is 11.6. The Labute approximate surface area is 122 Å². The molecule has 1 heterocycles. The van der Waals surface area contributed by atoms with Crippen LogP contribution in [0.1, 0.15) is 32.6 Å². The Bertz CT molecular complexity index is 536. The molecule has 1 N–H and O–H groups in total. The van der Waals surface area contributed by atoms with Crippen molar-refractivity contribution in [2.45, 2.75) is 32.9 Å². The molecule has 0 bridgehead atoms. The van der Waals surface area contributed by atoms with Gasteiger partial charge < -0.3 is 14.5 Å². The average Bonchev–Trinajstić information content (AvgIpc) is 2.77. The van der Waals surface area contributed by atoms with Crippen molar-refractivity contribution in [2.24, 2.45) is 0 Å². The highest BCUT2D eigenvalue weighted by Crippen LogP contribution is 2.26. The normalized spacial score (nSPS) is 13.3. The summed E-state index contributed by atoms with van der Waals surface area (Å²) in [6.07, 6.45) is 0.278. The second kappa shape index (κ2) is 6.55. The highest BCUT2D eigenvalue weighted by Gasteiger charge is 2.11. The molecule has 0 aliphatic carbocycles. The second-order valence-electron chi connectivity index (χ2n) is 4.93. The molecule has 0 fully saturated rings. The Kier molecular flexibility index (Phi) is 5.02. The Hall–Kier alpha value is -0.840. The molecule has 2 rings (SSSR count). The molecule has 1 atom stereocenters. The summed E-state index contributed by atoms with van der Waals surface area (Å²) in [6, 6.07) is 8.31. The van der Waals surface area contributed by atoms with E-state index in [9.17, 15) is 0 Å². The van der Waals surface area contributed by atoms with Gasteiger partial charge in [-0.15, -0.1) is 0 Å². The highest BCUT2D eigenvalue weighted by molar-refractivity contribution is 9.10. The van der Waals surface area contributed by atoms with E-state index in [-0.39, 0.29) is 12.1 Å². The van der Waals surface area contributed by atoms with E-state index in [0.717, 1.165) is 27.7 Å². The largest absolute Gasteiger partial charge is 0.459 e. The summed E-state index contributed by atoms with van der Waals surface area (Å²) < 4.78 is 12.4. The van der Waals surface area contributed by atoms with Crippen molar-refractivity contribution in [2.75, 3.05) is 13.2 Å². The summed E-state index contributed by atoms with van der Waals surface area (Å²) >= 11 is 3.47. The van der Waals surface area contributed by atoms with Crippen molar-refractivity contribution in [3.8, 4) is 0 Å². The molecule has 0 aliphatic heterocycles. The summed E-state index contributed by atoms with van der Waals surface area (Å²) in [5.74, 6) is 0.956. The van der Waals surface area contributed by atoms with Gasteiger partial charge in [0.25, 0.3) is 0 Å². The van der Waals surface area contributed by atoms with Crippen LogP contribution in [0.15, 0.2) is 33.2 Å². The Morgan fingerprint density at radius 2 is 2.05 bits per heavy atom. The van der Waals surface area contributed by atoms with Crippen LogP contribution in [0, 0.1) is 0 Å². The molecule has 3 nitrogen and oxygen atoms in total. The number of hydrogen-bond acceptors (Lipinski definition) is 3. The van der Waals surface area contributed by atoms with Gasteiger partial charge in [0.15, 0.2) is 0 Å². The zero-order valence-corrected chi connectivity index (χ0v) is 13.2. The van der Waals surface area contributed by atoms with Crippen molar-refractivity contribution in [1.82, 2.24) is 5.32 Å². The first-order chi connectivity index (χ1) is 9.06. The fourth-order valence-corrected chi connectivity index (χ4v) is 2.30. The molecule has 0 saturated carbocycles. The molecule has 0 amide bonds. The third kappa shape index (κ3) is 4.06. The van der Waals surface area contributed by atoms with Crippen molar-refractivity contribution in [3.05, 3.63) is 34.5 Å². The van der Waals surface area contributed by atoms with Crippen molar-refractivity contribution >= 4 is 26.9 Å². The molecule has 1 unspecified atom stereocenters. The topological polar surface area (TPSA) is 34.4 Å². The molecular weight excluding hydrogens is 306 g/mol. The SMILES string of the molecule is CC(C)OCCNC(C)c1cc2cc(Br)ccc2o1. The van der Waals surface area contributed by atoms with E-state index in [1.54, 1.807) is 0 Å². The lowest BCUT2D eigenvalue weighted by molar-refractivity contribution is 0.0793. The fraction of sp³-hybridized carbons (Fsp3) is 0.467. The third-order valence-corrected chi connectivity index (χ3v) is 3.42. The first kappa shape index (κ1) is 14.6. The lowest BCUT2D eigenvalue weighted by Crippen LogP contribution is -2.24. The first-order valence-corrected chi connectivity index (χ1v) is 7.39. The number of rotatable bonds is 6. The number of ether oxygens (including phenoxy) is 1. The third-order valence-electron chi connectivity index (χ3n) is 2.93. The van der Waals surface area contributed by atoms with Crippen LogP contribution in [0.4, 0.5) is 0 Å². The summed E-state index contributed by atoms with van der Waals surface area (Å²) in [5, 5.41) is 4.52. The number of nitrogens with one attached hydrogen (secondary N) is 1. The maximum atomic E-state index is 5.84. The number of hydrogen-bond donors (Lipinski definition) is 1. The molecule has 19 heavy (non-hydrogen) atoms. The molecule has 0 radical (unpaired) electrons. The molecule has 1 aromatic carbocycles. The summed E-state index contributed by atoms with van der Waals surface area (Å²) in [7, 11) is 0. The standard InChI is InChI=1S/C15H20BrNO2/c1-10(2)18-7-6-17-11(3)15-9-12-8-13(16)4-5-14(12)19-15/h4-5,8-11,17H,6-7H2,1-3H3. The number of fused-ring (bicyclic) bond motifs is 1. The Morgan fingerprint density at radius 1 is 1.26 bits per heavy atom. The van der Waals surface area contributed by atoms with E-state index in [1.807, 2.05) is 26.0 Å². The van der Waals surface area contributed by atoms with Crippen LogP contribution < -0.4 is 5.32 Å². The predicted octanol–water partition coefficient (Wildman–Crippen LogP) is 4.27. The van der Waals surface area contributed by atoms with Crippen LogP contribution in [-0.2, 0) is 4.74 Å². The molecule has 0 spiro atoms. The maximum absolute atomic E-state index is 5.84. The minimum Gasteiger partial charge on any atom is -0.459 e. The molecule has 4 heteroatoms. The summed E-state index contributed by atoms with van der Waals surface area (Å²) in [5.41, 5.74) is 0.922. The van der Waals surface area contributed by atoms with Gasteiger partial charge in [0, 0.05) is 16.4 Å². The van der Waals surface area contributed by atoms with Crippen molar-refractivity contribution in [1.29, 1.82) is 0 Å². The van der Waals surface area contributed by atoms with Crippen molar-refractivity contribution in [3.63, 3.8) is 0 Å². The molecule has 1 aromatic heterocycles. The van der Waals surface area contributed by atoms with Crippen LogP contribution in [0.25, 0.3) is 11.0 Å². The number of benzene rings is 1. The van der Waals surface area contributed by atoms with Gasteiger partial charge in [0.1, 0.15) is 11.3 Å². The van der Waals surface area contributed by atoms with Crippen LogP contribution >= 0.6 is 15.9 Å². The van der Waals surface area contributed by atoms with Gasteiger partial charge in [-0.1, -0.05) is 15.9 Å². The van der Waals surface area contributed by atoms with Gasteiger partial charge in [0.05, 0.1) is 18.8 Å². The average molecular weight is 326 g/mol. The van der Waals surface area contributed by atoms with E-state index in [4.69, 9.17) is 9.15 Å². The zero-order chi connectivity index (χ0) is 13.8. The number of furan rings is 1. The van der Waals surface area contributed by atoms with E-state index >= 15 is 0 Å². The van der Waals surface area contributed by atoms with E-state index in [1.165, 1.54) is 0 Å². The highest BCUT2D eigenvalue weighted by atomic mass is 79.9. The van der Waals surface area contributed by atoms with Crippen molar-refractivity contribution < 1.29 is 9.15 Å². The van der Waals surface area contributed by atoms with Crippen LogP contribution in [0.3, 0.4) is 0 Å². The fourth-order valence-electron chi connectivity index (χ4n) is 1.92. The minimum absolute atomic E-state index is 0.182. The summed E-state index contributed by atoms with van der Waals surface area (Å²) in [6.45, 7) is 7.72. The monoisotopic (exact) mass is 325 g/mol. The van der Waals surface area contributed by atoms with Gasteiger partial charge in [-0.3, -0.25) is 0 Å². The second-order valence-corrected chi connectivity index (χ2v) is 5.84. The van der Waals surface area contributed by atoms with E-state index in [0.29, 0.717) is 6.61 Å². The van der Waals surface area contributed by atoms with Crippen LogP contribution in [0.2, 0.25) is 0 Å². The predicted molar refractivity (Wildman–Crippen MR) is 81.4 cm³/mol. The van der Waals surface area contributed by atoms with Gasteiger partial charge in [-0.25, -0.2) is 0 Å². The molecule has 104 valence electrons. The summed E-state index contributed by atoms with van der Waals surface area (Å²) in [4.78, 5) is 0. The first-order valence-electron chi connectivity index (χ1n) is 6.60. The van der Waals surface area contributed by atoms with Gasteiger partial charge in [-0.2, -0.15) is 0 Å². The minimum atomic E-state index is 0.182. The maximum Gasteiger partial charge on any atom is 0.134 e. The molecule has 0 aliphatic rings. The van der Waals surface area contributed by atoms with Crippen LogP contribution in [-0.4, -0.2) is 19.3 Å². The van der Waals surface area contributed by atoms with E-state index in [2.05, 4.69) is 40.3 Å². The lowest BCUT2D eigenvalue weighted by atomic mass is 10.2. The molecular formula is C15H20BrNO2. The quantitative estimate of drug-likeness (QED) is 0.805. The van der Waals surface area contributed by atoms with E-state index < -0.39 is 0 Å². The molecule has 0 saturated heterocycles. The molecule has 2 aromatic rings. The Balaban J connectivity index is 1.95. The Morgan fingerprint density at radius 3 is 2.79 bits per heavy atom. The lowest BCUT2D eigenvalue weighted by Gasteiger charge is -2.12. The van der Waals surface area contributed by atoms with Crippen LogP contribution in [0.5, 0.6) is 0 Å². The van der Waals surface area contributed by atoms with Gasteiger partial charge in [-0.05, 0) is 45.0 Å². The van der Waals surface area contributed by atoms with Gasteiger partial charge in [0.2, 0.25) is 0 Å². The smallest absolute Gasteiger partial charge is 0.134 e. The number of halogens is 1.